The predicted octanol–water partition coefficient (Wildman–Crippen LogP) is 3.45. The molecule has 1 aromatic carbocycles. The second-order valence-electron chi connectivity index (χ2n) is 3.06. The molecule has 2 aromatic rings. The van der Waals surface area contributed by atoms with Gasteiger partial charge in [-0.3, -0.25) is 0 Å². The van der Waals surface area contributed by atoms with Crippen molar-refractivity contribution in [3.63, 3.8) is 0 Å². The van der Waals surface area contributed by atoms with Crippen molar-refractivity contribution in [1.82, 2.24) is 4.98 Å². The molecule has 5 heteroatoms. The highest BCUT2D eigenvalue weighted by Gasteiger charge is 2.06. The van der Waals surface area contributed by atoms with E-state index in [1.165, 1.54) is 5.56 Å². The van der Waals surface area contributed by atoms with Crippen LogP contribution in [0.1, 0.15) is 12.5 Å². The maximum Gasteiger partial charge on any atom is 0.373 e. The lowest BCUT2D eigenvalue weighted by Gasteiger charge is -1.98. The number of aromatic amines is 1. The smallest absolute Gasteiger partial charge is 0.361 e. The summed E-state index contributed by atoms with van der Waals surface area (Å²) in [5, 5.41) is 2.48. The van der Waals surface area contributed by atoms with E-state index in [2.05, 4.69) is 11.9 Å². The van der Waals surface area contributed by atoms with Crippen LogP contribution in [0, 0.1) is 0 Å². The van der Waals surface area contributed by atoms with Gasteiger partial charge in [-0.1, -0.05) is 30.1 Å². The summed E-state index contributed by atoms with van der Waals surface area (Å²) in [5.74, 6) is 0. The quantitative estimate of drug-likeness (QED) is 0.851. The molecule has 0 aliphatic carbocycles. The number of aryl methyl sites for hydroxylation is 1. The van der Waals surface area contributed by atoms with Crippen LogP contribution in [-0.2, 0) is 16.0 Å². The van der Waals surface area contributed by atoms with Gasteiger partial charge >= 0.3 is 6.15 Å². The fourth-order valence-corrected chi connectivity index (χ4v) is 2.14. The van der Waals surface area contributed by atoms with Gasteiger partial charge in [0, 0.05) is 22.1 Å². The molecule has 0 radical (unpaired) electrons. The van der Waals surface area contributed by atoms with Crippen molar-refractivity contribution in [2.45, 2.75) is 13.3 Å². The number of hydrogen-bond acceptors (Lipinski definition) is 2. The fourth-order valence-electron chi connectivity index (χ4n) is 1.53. The standard InChI is InChI=1S/C10H9Cl2N.CO2/c1-2-6-5-13-9-4-7(11)3-8(12)10(6)9;2-1-3/h3-5,13H,2H2,1H3;. The number of benzene rings is 1. The third-order valence-electron chi connectivity index (χ3n) is 2.16. The summed E-state index contributed by atoms with van der Waals surface area (Å²) < 4.78 is 0. The van der Waals surface area contributed by atoms with Gasteiger partial charge in [0.1, 0.15) is 0 Å². The van der Waals surface area contributed by atoms with Crippen LogP contribution in [0.2, 0.25) is 10.0 Å². The van der Waals surface area contributed by atoms with Gasteiger partial charge in [0.15, 0.2) is 0 Å². The predicted molar refractivity (Wildman–Crippen MR) is 62.7 cm³/mol. The first-order valence-electron chi connectivity index (χ1n) is 4.58. The summed E-state index contributed by atoms with van der Waals surface area (Å²) in [6.07, 6.45) is 3.20. The molecule has 0 saturated carbocycles. The molecule has 84 valence electrons. The maximum absolute atomic E-state index is 8.12. The van der Waals surface area contributed by atoms with E-state index in [4.69, 9.17) is 32.8 Å². The van der Waals surface area contributed by atoms with Crippen LogP contribution in [0.5, 0.6) is 0 Å². The average Bonchev–Trinajstić information content (AvgIpc) is 2.61. The van der Waals surface area contributed by atoms with Gasteiger partial charge in [0.05, 0.1) is 5.02 Å². The lowest BCUT2D eigenvalue weighted by molar-refractivity contribution is -0.191. The normalized spacial score (nSPS) is 9.44. The van der Waals surface area contributed by atoms with E-state index in [9.17, 15) is 0 Å². The van der Waals surface area contributed by atoms with Crippen LogP contribution in [0.3, 0.4) is 0 Å². The molecule has 0 atom stereocenters. The highest BCUT2D eigenvalue weighted by Crippen LogP contribution is 2.30. The van der Waals surface area contributed by atoms with Gasteiger partial charge in [-0.05, 0) is 24.1 Å². The summed E-state index contributed by atoms with van der Waals surface area (Å²) in [6, 6.07) is 3.67. The highest BCUT2D eigenvalue weighted by atomic mass is 35.5. The van der Waals surface area contributed by atoms with Crippen molar-refractivity contribution in [3.8, 4) is 0 Å². The summed E-state index contributed by atoms with van der Waals surface area (Å²) in [7, 11) is 0. The molecule has 0 saturated heterocycles. The molecule has 0 bridgehead atoms. The van der Waals surface area contributed by atoms with E-state index in [1.807, 2.05) is 12.3 Å². The summed E-state index contributed by atoms with van der Waals surface area (Å²) in [5.41, 5.74) is 2.24. The van der Waals surface area contributed by atoms with Crippen LogP contribution < -0.4 is 0 Å². The van der Waals surface area contributed by atoms with Gasteiger partial charge in [-0.2, -0.15) is 9.59 Å². The number of aromatic nitrogens is 1. The van der Waals surface area contributed by atoms with Crippen LogP contribution in [0.15, 0.2) is 18.3 Å². The minimum Gasteiger partial charge on any atom is -0.361 e. The van der Waals surface area contributed by atoms with Crippen LogP contribution in [0.25, 0.3) is 10.9 Å². The molecule has 0 spiro atoms. The molecule has 1 N–H and O–H groups in total. The number of fused-ring (bicyclic) bond motifs is 1. The Balaban J connectivity index is 0.000000386. The number of rotatable bonds is 1. The molecule has 0 fully saturated rings. The molecule has 0 amide bonds. The third kappa shape index (κ3) is 2.64. The Morgan fingerprint density at radius 3 is 2.50 bits per heavy atom. The fraction of sp³-hybridized carbons (Fsp3) is 0.182. The van der Waals surface area contributed by atoms with E-state index in [1.54, 1.807) is 6.07 Å². The van der Waals surface area contributed by atoms with E-state index in [-0.39, 0.29) is 6.15 Å². The van der Waals surface area contributed by atoms with Gasteiger partial charge in [-0.15, -0.1) is 0 Å². The van der Waals surface area contributed by atoms with Crippen molar-refractivity contribution >= 4 is 40.3 Å². The van der Waals surface area contributed by atoms with Crippen molar-refractivity contribution < 1.29 is 9.59 Å². The number of carbonyl (C=O) groups excluding carboxylic acids is 2. The maximum atomic E-state index is 8.12. The Hall–Kier alpha value is -1.28. The summed E-state index contributed by atoms with van der Waals surface area (Å²) in [4.78, 5) is 19.4. The van der Waals surface area contributed by atoms with Gasteiger partial charge in [0.2, 0.25) is 0 Å². The highest BCUT2D eigenvalue weighted by molar-refractivity contribution is 6.38. The topological polar surface area (TPSA) is 49.9 Å². The second-order valence-corrected chi connectivity index (χ2v) is 3.90. The number of halogens is 2. The zero-order valence-electron chi connectivity index (χ0n) is 8.51. The van der Waals surface area contributed by atoms with Gasteiger partial charge < -0.3 is 4.98 Å². The van der Waals surface area contributed by atoms with Crippen molar-refractivity contribution in [1.29, 1.82) is 0 Å². The molecule has 1 aromatic heterocycles. The molecular formula is C11H9Cl2NO2. The molecule has 2 rings (SSSR count). The van der Waals surface area contributed by atoms with Crippen LogP contribution in [0.4, 0.5) is 0 Å². The molecule has 0 aliphatic rings. The second kappa shape index (κ2) is 5.71. The average molecular weight is 258 g/mol. The Kier molecular flexibility index (Phi) is 4.56. The Morgan fingerprint density at radius 1 is 1.31 bits per heavy atom. The van der Waals surface area contributed by atoms with E-state index in [0.717, 1.165) is 22.3 Å². The SMILES string of the molecule is CCc1c[nH]c2cc(Cl)cc(Cl)c12.O=C=O. The van der Waals surface area contributed by atoms with Crippen LogP contribution >= 0.6 is 23.2 Å². The van der Waals surface area contributed by atoms with Crippen LogP contribution in [-0.4, -0.2) is 11.1 Å². The lowest BCUT2D eigenvalue weighted by Crippen LogP contribution is -1.77. The van der Waals surface area contributed by atoms with E-state index >= 15 is 0 Å². The number of nitrogens with one attached hydrogen (secondary N) is 1. The summed E-state index contributed by atoms with van der Waals surface area (Å²) in [6.45, 7) is 2.10. The Morgan fingerprint density at radius 2 is 1.94 bits per heavy atom. The summed E-state index contributed by atoms with van der Waals surface area (Å²) >= 11 is 12.0. The monoisotopic (exact) mass is 257 g/mol. The minimum atomic E-state index is 0.250. The minimum absolute atomic E-state index is 0.250. The molecule has 16 heavy (non-hydrogen) atoms. The first kappa shape index (κ1) is 12.8. The first-order chi connectivity index (χ1) is 7.63. The third-order valence-corrected chi connectivity index (χ3v) is 2.68. The van der Waals surface area contributed by atoms with Crippen molar-refractivity contribution in [2.75, 3.05) is 0 Å². The number of hydrogen-bond donors (Lipinski definition) is 1. The molecular weight excluding hydrogens is 249 g/mol. The van der Waals surface area contributed by atoms with Crippen molar-refractivity contribution in [2.24, 2.45) is 0 Å². The number of H-pyrrole nitrogens is 1. The zero-order valence-corrected chi connectivity index (χ0v) is 10.0. The zero-order chi connectivity index (χ0) is 12.1. The molecule has 0 aliphatic heterocycles. The molecule has 0 unspecified atom stereocenters. The van der Waals surface area contributed by atoms with E-state index in [0.29, 0.717) is 5.02 Å². The Labute approximate surface area is 102 Å². The van der Waals surface area contributed by atoms with E-state index < -0.39 is 0 Å². The molecule has 3 nitrogen and oxygen atoms in total. The lowest BCUT2D eigenvalue weighted by atomic mass is 10.1. The van der Waals surface area contributed by atoms with Crippen molar-refractivity contribution in [3.05, 3.63) is 33.9 Å². The molecule has 1 heterocycles. The van der Waals surface area contributed by atoms with Gasteiger partial charge in [-0.25, -0.2) is 0 Å². The largest absolute Gasteiger partial charge is 0.373 e. The Bertz CT molecular complexity index is 528. The first-order valence-corrected chi connectivity index (χ1v) is 5.33. The van der Waals surface area contributed by atoms with Gasteiger partial charge in [0.25, 0.3) is 0 Å².